The topological polar surface area (TPSA) is 51.8 Å². The van der Waals surface area contributed by atoms with Crippen molar-refractivity contribution in [3.8, 4) is 34.1 Å². The lowest BCUT2D eigenvalue weighted by atomic mass is 9.78. The quantitative estimate of drug-likeness (QED) is 0.352. The molecule has 0 radical (unpaired) electrons. The fourth-order valence-corrected chi connectivity index (χ4v) is 4.56. The van der Waals surface area contributed by atoms with Crippen LogP contribution in [0.4, 0.5) is 0 Å². The van der Waals surface area contributed by atoms with Crippen LogP contribution < -0.4 is 0 Å². The summed E-state index contributed by atoms with van der Waals surface area (Å²) in [6, 6.07) is 14.1. The highest BCUT2D eigenvalue weighted by atomic mass is 16.3. The largest absolute Gasteiger partial charge is 0.507 e. The van der Waals surface area contributed by atoms with E-state index in [-0.39, 0.29) is 21.7 Å². The highest BCUT2D eigenvalue weighted by Crippen LogP contribution is 2.44. The number of hydrogen-bond donors (Lipinski definition) is 2. The van der Waals surface area contributed by atoms with Gasteiger partial charge >= 0.3 is 11.5 Å². The molecule has 3 aromatic rings. The van der Waals surface area contributed by atoms with Crippen LogP contribution in [-0.2, 0) is 21.7 Å². The molecule has 1 aromatic heterocycles. The molecule has 0 atom stereocenters. The number of phenolic OH excluding ortho intramolecular Hbond substituents is 2. The summed E-state index contributed by atoms with van der Waals surface area (Å²) in [6.45, 7) is 25.4. The van der Waals surface area contributed by atoms with Gasteiger partial charge in [-0.05, 0) is 52.0 Å². The highest BCUT2D eigenvalue weighted by molar-refractivity contribution is 5.69. The van der Waals surface area contributed by atoms with E-state index < -0.39 is 0 Å². The smallest absolute Gasteiger partial charge is 0.360 e. The van der Waals surface area contributed by atoms with Crippen LogP contribution in [0.5, 0.6) is 11.5 Å². The Labute approximate surface area is 218 Å². The van der Waals surface area contributed by atoms with Crippen LogP contribution in [0.2, 0.25) is 0 Å². The molecule has 0 aliphatic rings. The molecule has 0 aliphatic heterocycles. The van der Waals surface area contributed by atoms with E-state index in [2.05, 4.69) is 83.1 Å². The molecule has 0 fully saturated rings. The lowest BCUT2D eigenvalue weighted by molar-refractivity contribution is 0.422. The zero-order chi connectivity index (χ0) is 27.4. The highest BCUT2D eigenvalue weighted by Gasteiger charge is 2.31. The van der Waals surface area contributed by atoms with Crippen molar-refractivity contribution in [3.05, 3.63) is 64.7 Å². The fourth-order valence-electron chi connectivity index (χ4n) is 4.56. The first-order chi connectivity index (χ1) is 16.2. The van der Waals surface area contributed by atoms with Gasteiger partial charge in [0.2, 0.25) is 0 Å². The molecule has 0 saturated carbocycles. The first kappa shape index (κ1) is 27.8. The molecule has 0 bridgehead atoms. The SMILES string of the molecule is CC(C)(C)c1cc(-c2cccc(-c3cc(C(C)(C)C)c(O)c(C(C)(C)C)c3)[o+]2)cc(C(C)(C)C)c1O. The van der Waals surface area contributed by atoms with E-state index in [1.165, 1.54) is 0 Å². The molecule has 3 rings (SSSR count). The molecule has 2 N–H and O–H groups in total. The monoisotopic (exact) mass is 489 g/mol. The van der Waals surface area contributed by atoms with Crippen molar-refractivity contribution in [2.75, 3.05) is 0 Å². The van der Waals surface area contributed by atoms with E-state index in [0.717, 1.165) is 44.9 Å². The van der Waals surface area contributed by atoms with Crippen molar-refractivity contribution in [3.63, 3.8) is 0 Å². The second kappa shape index (κ2) is 8.94. The van der Waals surface area contributed by atoms with Gasteiger partial charge in [0.25, 0.3) is 0 Å². The molecular formula is C33H45O3+. The van der Waals surface area contributed by atoms with Crippen LogP contribution >= 0.6 is 0 Å². The van der Waals surface area contributed by atoms with Crippen LogP contribution in [0.25, 0.3) is 22.6 Å². The zero-order valence-electron chi connectivity index (χ0n) is 24.3. The molecular weight excluding hydrogens is 444 g/mol. The van der Waals surface area contributed by atoms with Crippen LogP contribution in [0.15, 0.2) is 46.9 Å². The minimum absolute atomic E-state index is 0.224. The normalized spacial score (nSPS) is 13.2. The molecule has 2 aromatic carbocycles. The molecule has 3 nitrogen and oxygen atoms in total. The Kier molecular flexibility index (Phi) is 6.90. The van der Waals surface area contributed by atoms with Gasteiger partial charge in [-0.1, -0.05) is 83.1 Å². The van der Waals surface area contributed by atoms with E-state index in [4.69, 9.17) is 4.42 Å². The van der Waals surface area contributed by atoms with Gasteiger partial charge < -0.3 is 10.2 Å². The van der Waals surface area contributed by atoms with Gasteiger partial charge in [0, 0.05) is 34.4 Å². The maximum absolute atomic E-state index is 11.1. The van der Waals surface area contributed by atoms with Gasteiger partial charge in [0.15, 0.2) is 0 Å². The Hall–Kier alpha value is -2.81. The summed E-state index contributed by atoms with van der Waals surface area (Å²) in [5, 5.41) is 22.3. The van der Waals surface area contributed by atoms with Crippen molar-refractivity contribution in [2.24, 2.45) is 0 Å². The van der Waals surface area contributed by atoms with Gasteiger partial charge in [-0.2, -0.15) is 0 Å². The summed E-state index contributed by atoms with van der Waals surface area (Å²) in [6.07, 6.45) is 0. The standard InChI is InChI=1S/C33H44O3/c1-30(2,3)22-16-20(17-23(28(22)34)31(4,5)6)26-14-13-15-27(36-26)21-18-24(32(7,8)9)29(35)25(19-21)33(10,11)12/h13-19H,1-12H3,(H-,34,35)/p+1. The maximum Gasteiger partial charge on any atom is 0.360 e. The van der Waals surface area contributed by atoms with Gasteiger partial charge in [-0.25, -0.2) is 4.42 Å². The molecule has 194 valence electrons. The fraction of sp³-hybridized carbons (Fsp3) is 0.485. The molecule has 0 spiro atoms. The van der Waals surface area contributed by atoms with Crippen molar-refractivity contribution in [1.82, 2.24) is 0 Å². The first-order valence-corrected chi connectivity index (χ1v) is 12.9. The lowest BCUT2D eigenvalue weighted by Crippen LogP contribution is -2.17. The number of phenols is 2. The van der Waals surface area contributed by atoms with Gasteiger partial charge in [-0.15, -0.1) is 0 Å². The molecule has 36 heavy (non-hydrogen) atoms. The lowest BCUT2D eigenvalue weighted by Gasteiger charge is -2.27. The summed E-state index contributed by atoms with van der Waals surface area (Å²) in [5.41, 5.74) is 4.59. The minimum atomic E-state index is -0.224. The summed E-state index contributed by atoms with van der Waals surface area (Å²) in [4.78, 5) is 0. The minimum Gasteiger partial charge on any atom is -0.507 e. The average Bonchev–Trinajstić information content (AvgIpc) is 2.70. The predicted molar refractivity (Wildman–Crippen MR) is 152 cm³/mol. The van der Waals surface area contributed by atoms with Crippen LogP contribution in [0.3, 0.4) is 0 Å². The van der Waals surface area contributed by atoms with Crippen molar-refractivity contribution < 1.29 is 14.6 Å². The van der Waals surface area contributed by atoms with Crippen molar-refractivity contribution >= 4 is 0 Å². The van der Waals surface area contributed by atoms with E-state index in [1.807, 2.05) is 42.5 Å². The molecule has 3 heteroatoms. The zero-order valence-corrected chi connectivity index (χ0v) is 24.3. The van der Waals surface area contributed by atoms with Crippen LogP contribution in [0.1, 0.15) is 105 Å². The Bertz CT molecular complexity index is 1100. The molecule has 0 amide bonds. The van der Waals surface area contributed by atoms with Crippen molar-refractivity contribution in [1.29, 1.82) is 0 Å². The molecule has 0 unspecified atom stereocenters. The van der Waals surface area contributed by atoms with E-state index in [0.29, 0.717) is 11.5 Å². The van der Waals surface area contributed by atoms with Crippen LogP contribution in [-0.4, -0.2) is 10.2 Å². The number of benzene rings is 2. The number of aromatic hydroxyl groups is 2. The third-order valence-electron chi connectivity index (χ3n) is 6.74. The average molecular weight is 490 g/mol. The summed E-state index contributed by atoms with van der Waals surface area (Å²) in [7, 11) is 0. The van der Waals surface area contributed by atoms with Crippen LogP contribution in [0, 0.1) is 0 Å². The second-order valence-corrected chi connectivity index (χ2v) is 14.2. The summed E-state index contributed by atoms with van der Waals surface area (Å²) in [5.74, 6) is 2.20. The maximum atomic E-state index is 11.1. The number of rotatable bonds is 2. The first-order valence-electron chi connectivity index (χ1n) is 12.9. The number of hydrogen-bond acceptors (Lipinski definition) is 2. The van der Waals surface area contributed by atoms with E-state index in [9.17, 15) is 10.2 Å². The third kappa shape index (κ3) is 5.61. The Morgan fingerprint density at radius 1 is 0.472 bits per heavy atom. The summed E-state index contributed by atoms with van der Waals surface area (Å²) >= 11 is 0. The van der Waals surface area contributed by atoms with Gasteiger partial charge in [-0.3, -0.25) is 0 Å². The third-order valence-corrected chi connectivity index (χ3v) is 6.74. The Morgan fingerprint density at radius 2 is 0.722 bits per heavy atom. The molecule has 1 heterocycles. The van der Waals surface area contributed by atoms with E-state index >= 15 is 0 Å². The predicted octanol–water partition coefficient (Wildman–Crippen LogP) is 9.50. The van der Waals surface area contributed by atoms with Crippen molar-refractivity contribution in [2.45, 2.75) is 105 Å². The Balaban J connectivity index is 2.28. The summed E-state index contributed by atoms with van der Waals surface area (Å²) < 4.78 is 6.54. The Morgan fingerprint density at radius 3 is 0.944 bits per heavy atom. The van der Waals surface area contributed by atoms with Gasteiger partial charge in [0.05, 0.1) is 11.1 Å². The van der Waals surface area contributed by atoms with Gasteiger partial charge in [0.1, 0.15) is 11.5 Å². The molecule has 0 saturated heterocycles. The second-order valence-electron chi connectivity index (χ2n) is 14.2. The van der Waals surface area contributed by atoms with E-state index in [1.54, 1.807) is 0 Å². The molecule has 0 aliphatic carbocycles.